The highest BCUT2D eigenvalue weighted by Crippen LogP contribution is 2.37. The molecule has 0 bridgehead atoms. The van der Waals surface area contributed by atoms with Crippen LogP contribution >= 0.6 is 0 Å². The van der Waals surface area contributed by atoms with E-state index in [0.717, 1.165) is 24.3 Å². The standard InChI is InChI=1S/C25H22F7N5O2/c1-13-12-37(7-6-36(13)2)20-10-17(26)14(18-4-3-5-21(34-18)25(30,31)32)8-19(20)35-23(39)15-11-33-22(38)9-16(15)24(27,28)29/h3-5,8-11,13H,6-7,12H2,1-2H3,(H,33,38)(H,35,39)/t13-/m1/s1. The molecular weight excluding hydrogens is 535 g/mol. The van der Waals surface area contributed by atoms with Gasteiger partial charge in [0.2, 0.25) is 5.56 Å². The predicted octanol–water partition coefficient (Wildman–Crippen LogP) is 5.01. The van der Waals surface area contributed by atoms with E-state index < -0.39 is 57.7 Å². The summed E-state index contributed by atoms with van der Waals surface area (Å²) >= 11 is 0. The van der Waals surface area contributed by atoms with Gasteiger partial charge < -0.3 is 20.1 Å². The Balaban J connectivity index is 1.83. The molecule has 1 aromatic carbocycles. The molecular formula is C25H22F7N5O2. The largest absolute Gasteiger partial charge is 0.433 e. The van der Waals surface area contributed by atoms with E-state index in [-0.39, 0.29) is 23.5 Å². The Kier molecular flexibility index (Phi) is 7.43. The number of aromatic amines is 1. The summed E-state index contributed by atoms with van der Waals surface area (Å²) in [5.74, 6) is -2.21. The molecule has 208 valence electrons. The third kappa shape index (κ3) is 6.05. The van der Waals surface area contributed by atoms with Crippen molar-refractivity contribution in [3.8, 4) is 11.3 Å². The van der Waals surface area contributed by atoms with Crippen LogP contribution in [-0.4, -0.2) is 53.5 Å². The van der Waals surface area contributed by atoms with Gasteiger partial charge in [-0.05, 0) is 38.2 Å². The molecule has 3 aromatic rings. The van der Waals surface area contributed by atoms with Crippen molar-refractivity contribution in [3.63, 3.8) is 0 Å². The lowest BCUT2D eigenvalue weighted by Crippen LogP contribution is -2.50. The summed E-state index contributed by atoms with van der Waals surface area (Å²) < 4.78 is 95.7. The van der Waals surface area contributed by atoms with Crippen LogP contribution in [0.2, 0.25) is 0 Å². The fourth-order valence-electron chi connectivity index (χ4n) is 4.21. The van der Waals surface area contributed by atoms with Gasteiger partial charge in [-0.2, -0.15) is 26.3 Å². The monoisotopic (exact) mass is 557 g/mol. The van der Waals surface area contributed by atoms with E-state index in [4.69, 9.17) is 0 Å². The van der Waals surface area contributed by atoms with E-state index >= 15 is 4.39 Å². The van der Waals surface area contributed by atoms with Crippen molar-refractivity contribution in [1.29, 1.82) is 0 Å². The number of H-pyrrole nitrogens is 1. The second-order valence-corrected chi connectivity index (χ2v) is 9.11. The zero-order valence-electron chi connectivity index (χ0n) is 20.5. The van der Waals surface area contributed by atoms with Crippen molar-refractivity contribution in [3.05, 3.63) is 75.6 Å². The number of benzene rings is 1. The molecule has 7 nitrogen and oxygen atoms in total. The van der Waals surface area contributed by atoms with Crippen molar-refractivity contribution in [2.75, 3.05) is 36.9 Å². The Morgan fingerprint density at radius 1 is 1.08 bits per heavy atom. The highest BCUT2D eigenvalue weighted by atomic mass is 19.4. The Bertz CT molecular complexity index is 1450. The normalized spacial score (nSPS) is 16.8. The van der Waals surface area contributed by atoms with Crippen LogP contribution in [0.3, 0.4) is 0 Å². The molecule has 1 saturated heterocycles. The summed E-state index contributed by atoms with van der Waals surface area (Å²) in [5, 5.41) is 2.33. The van der Waals surface area contributed by atoms with Gasteiger partial charge in [-0.25, -0.2) is 9.37 Å². The number of anilines is 2. The van der Waals surface area contributed by atoms with Gasteiger partial charge >= 0.3 is 12.4 Å². The Morgan fingerprint density at radius 3 is 2.44 bits per heavy atom. The molecule has 0 saturated carbocycles. The third-order valence-electron chi connectivity index (χ3n) is 6.42. The molecule has 2 aromatic heterocycles. The number of nitrogens with one attached hydrogen (secondary N) is 2. The van der Waals surface area contributed by atoms with Crippen LogP contribution in [0.25, 0.3) is 11.3 Å². The number of halogens is 7. The first-order chi connectivity index (χ1) is 18.1. The minimum atomic E-state index is -5.04. The molecule has 1 amide bonds. The quantitative estimate of drug-likeness (QED) is 0.441. The Morgan fingerprint density at radius 2 is 1.79 bits per heavy atom. The molecule has 1 fully saturated rings. The van der Waals surface area contributed by atoms with E-state index in [1.54, 1.807) is 4.90 Å². The molecule has 0 unspecified atom stereocenters. The first-order valence-corrected chi connectivity index (χ1v) is 11.6. The molecule has 1 aliphatic rings. The Hall–Kier alpha value is -3.94. The van der Waals surface area contributed by atoms with Gasteiger partial charge in [-0.3, -0.25) is 9.59 Å². The fraction of sp³-hybridized carbons (Fsp3) is 0.320. The van der Waals surface area contributed by atoms with Crippen LogP contribution in [0.15, 0.2) is 47.4 Å². The van der Waals surface area contributed by atoms with Crippen molar-refractivity contribution in [2.24, 2.45) is 0 Å². The number of piperazine rings is 1. The number of hydrogen-bond donors (Lipinski definition) is 2. The number of aromatic nitrogens is 2. The molecule has 39 heavy (non-hydrogen) atoms. The molecule has 0 radical (unpaired) electrons. The van der Waals surface area contributed by atoms with E-state index in [2.05, 4.69) is 10.3 Å². The lowest BCUT2D eigenvalue weighted by molar-refractivity contribution is -0.141. The van der Waals surface area contributed by atoms with Crippen molar-refractivity contribution in [1.82, 2.24) is 14.9 Å². The number of pyridine rings is 2. The summed E-state index contributed by atoms with van der Waals surface area (Å²) in [7, 11) is 1.88. The van der Waals surface area contributed by atoms with Gasteiger partial charge in [0.15, 0.2) is 0 Å². The van der Waals surface area contributed by atoms with Gasteiger partial charge in [-0.15, -0.1) is 0 Å². The molecule has 3 heterocycles. The first kappa shape index (κ1) is 28.1. The third-order valence-corrected chi connectivity index (χ3v) is 6.42. The lowest BCUT2D eigenvalue weighted by atomic mass is 10.0. The first-order valence-electron chi connectivity index (χ1n) is 11.6. The Labute approximate surface area is 217 Å². The molecule has 1 atom stereocenters. The second-order valence-electron chi connectivity index (χ2n) is 9.11. The van der Waals surface area contributed by atoms with Crippen LogP contribution in [-0.2, 0) is 12.4 Å². The van der Waals surface area contributed by atoms with Crippen molar-refractivity contribution < 1.29 is 35.5 Å². The minimum Gasteiger partial charge on any atom is -0.367 e. The second kappa shape index (κ2) is 10.3. The van der Waals surface area contributed by atoms with E-state index in [1.807, 2.05) is 23.9 Å². The number of rotatable bonds is 4. The number of alkyl halides is 6. The average molecular weight is 557 g/mol. The molecule has 1 aliphatic heterocycles. The number of carbonyl (C=O) groups excluding carboxylic acids is 1. The highest BCUT2D eigenvalue weighted by molar-refractivity contribution is 6.07. The maximum absolute atomic E-state index is 15.3. The van der Waals surface area contributed by atoms with Crippen molar-refractivity contribution in [2.45, 2.75) is 25.3 Å². The maximum Gasteiger partial charge on any atom is 0.433 e. The lowest BCUT2D eigenvalue weighted by Gasteiger charge is -2.39. The average Bonchev–Trinajstić information content (AvgIpc) is 2.85. The number of likely N-dealkylation sites (N-methyl/N-ethyl adjacent to an activating group) is 1. The molecule has 0 spiro atoms. The van der Waals surface area contributed by atoms with Crippen LogP contribution in [0.5, 0.6) is 0 Å². The van der Waals surface area contributed by atoms with Gasteiger partial charge in [0.1, 0.15) is 11.5 Å². The van der Waals surface area contributed by atoms with Crippen LogP contribution in [0.4, 0.5) is 42.1 Å². The minimum absolute atomic E-state index is 0.00814. The zero-order chi connectivity index (χ0) is 28.7. The summed E-state index contributed by atoms with van der Waals surface area (Å²) in [5.41, 5.74) is -5.56. The van der Waals surface area contributed by atoms with Gasteiger partial charge in [0, 0.05) is 43.5 Å². The SMILES string of the molecule is C[C@@H]1CN(c2cc(F)c(-c3cccc(C(F)(F)F)n3)cc2NC(=O)c2c[nH]c(=O)cc2C(F)(F)F)CCN1C. The predicted molar refractivity (Wildman–Crippen MR) is 129 cm³/mol. The van der Waals surface area contributed by atoms with Gasteiger partial charge in [-0.1, -0.05) is 6.07 Å². The number of carbonyl (C=O) groups is 1. The van der Waals surface area contributed by atoms with Crippen LogP contribution in [0.1, 0.15) is 28.5 Å². The number of amides is 1. The number of hydrogen-bond acceptors (Lipinski definition) is 5. The van der Waals surface area contributed by atoms with E-state index in [9.17, 15) is 35.9 Å². The summed E-state index contributed by atoms with van der Waals surface area (Å²) in [6.45, 7) is 3.19. The summed E-state index contributed by atoms with van der Waals surface area (Å²) in [6.07, 6.45) is -9.24. The maximum atomic E-state index is 15.3. The van der Waals surface area contributed by atoms with Gasteiger partial charge in [0.25, 0.3) is 5.91 Å². The molecule has 14 heteroatoms. The van der Waals surface area contributed by atoms with E-state index in [0.29, 0.717) is 31.9 Å². The van der Waals surface area contributed by atoms with E-state index in [1.165, 1.54) is 0 Å². The summed E-state index contributed by atoms with van der Waals surface area (Å²) in [6, 6.07) is 5.15. The number of nitrogens with zero attached hydrogens (tertiary/aromatic N) is 3. The van der Waals surface area contributed by atoms with Gasteiger partial charge in [0.05, 0.1) is 28.2 Å². The zero-order valence-corrected chi connectivity index (χ0v) is 20.5. The molecule has 4 rings (SSSR count). The fourth-order valence-corrected chi connectivity index (χ4v) is 4.21. The topological polar surface area (TPSA) is 81.3 Å². The summed E-state index contributed by atoms with van der Waals surface area (Å²) in [4.78, 5) is 33.8. The van der Waals surface area contributed by atoms with Crippen molar-refractivity contribution >= 4 is 17.3 Å². The molecule has 0 aliphatic carbocycles. The molecule has 2 N–H and O–H groups in total. The highest BCUT2D eigenvalue weighted by Gasteiger charge is 2.36. The van der Waals surface area contributed by atoms with Crippen LogP contribution < -0.4 is 15.8 Å². The smallest absolute Gasteiger partial charge is 0.367 e. The van der Waals surface area contributed by atoms with Crippen LogP contribution in [0, 0.1) is 5.82 Å².